The molecule has 1 aliphatic rings. The Kier molecular flexibility index (Phi) is 4.46. The van der Waals surface area contributed by atoms with E-state index in [1.807, 2.05) is 19.1 Å². The predicted octanol–water partition coefficient (Wildman–Crippen LogP) is 2.37. The third-order valence-corrected chi connectivity index (χ3v) is 4.32. The molecule has 2 heterocycles. The van der Waals surface area contributed by atoms with Crippen LogP contribution in [0.5, 0.6) is 0 Å². The van der Waals surface area contributed by atoms with Crippen molar-refractivity contribution < 1.29 is 9.53 Å². The van der Waals surface area contributed by atoms with Gasteiger partial charge in [0.1, 0.15) is 11.8 Å². The molecule has 0 bridgehead atoms. The average Bonchev–Trinajstić information content (AvgIpc) is 2.94. The second kappa shape index (κ2) is 6.13. The minimum absolute atomic E-state index is 0.107. The van der Waals surface area contributed by atoms with Gasteiger partial charge in [0.25, 0.3) is 0 Å². The van der Waals surface area contributed by atoms with Gasteiger partial charge in [0.2, 0.25) is 0 Å². The zero-order valence-electron chi connectivity index (χ0n) is 12.8. The normalized spacial score (nSPS) is 21.4. The number of hydrogen-bond acceptors (Lipinski definition) is 5. The first-order chi connectivity index (χ1) is 10.0. The lowest BCUT2D eigenvalue weighted by Crippen LogP contribution is -2.40. The van der Waals surface area contributed by atoms with Crippen molar-refractivity contribution in [2.24, 2.45) is 11.3 Å². The Morgan fingerprint density at radius 2 is 2.33 bits per heavy atom. The smallest absolute Gasteiger partial charge is 0.314 e. The number of esters is 1. The van der Waals surface area contributed by atoms with E-state index >= 15 is 0 Å². The van der Waals surface area contributed by atoms with Gasteiger partial charge >= 0.3 is 5.97 Å². The Hall–Kier alpha value is -2.09. The van der Waals surface area contributed by atoms with Gasteiger partial charge in [-0.25, -0.2) is 4.98 Å². The van der Waals surface area contributed by atoms with Crippen LogP contribution < -0.4 is 4.90 Å². The van der Waals surface area contributed by atoms with Crippen molar-refractivity contribution in [1.82, 2.24) is 4.98 Å². The molecule has 112 valence electrons. The maximum atomic E-state index is 12.4. The number of aromatic nitrogens is 1. The van der Waals surface area contributed by atoms with Crippen LogP contribution in [0, 0.1) is 22.7 Å². The van der Waals surface area contributed by atoms with E-state index in [2.05, 4.69) is 23.7 Å². The number of nitrogens with zero attached hydrogens (tertiary/aromatic N) is 3. The molecule has 1 fully saturated rings. The van der Waals surface area contributed by atoms with E-state index in [0.717, 1.165) is 18.7 Å². The molecule has 1 aromatic rings. The highest BCUT2D eigenvalue weighted by molar-refractivity contribution is 5.79. The van der Waals surface area contributed by atoms with E-state index in [4.69, 9.17) is 10.00 Å². The molecule has 0 saturated carbocycles. The highest BCUT2D eigenvalue weighted by Gasteiger charge is 2.48. The van der Waals surface area contributed by atoms with Crippen LogP contribution in [0.1, 0.15) is 32.9 Å². The number of carbonyl (C=O) groups is 1. The van der Waals surface area contributed by atoms with Gasteiger partial charge in [-0.15, -0.1) is 0 Å². The molecule has 1 saturated heterocycles. The first-order valence-corrected chi connectivity index (χ1v) is 7.32. The fraction of sp³-hybridized carbons (Fsp3) is 0.562. The SMILES string of the molecule is CCOC(=O)C1(C(C)C)CCN(c2ccc(C#N)nc2)C1. The predicted molar refractivity (Wildman–Crippen MR) is 79.7 cm³/mol. The van der Waals surface area contributed by atoms with Crippen LogP contribution in [0.4, 0.5) is 5.69 Å². The van der Waals surface area contributed by atoms with Crippen LogP contribution in [0.15, 0.2) is 18.3 Å². The van der Waals surface area contributed by atoms with Crippen LogP contribution >= 0.6 is 0 Å². The van der Waals surface area contributed by atoms with Gasteiger partial charge in [0.15, 0.2) is 0 Å². The summed E-state index contributed by atoms with van der Waals surface area (Å²) in [5, 5.41) is 8.79. The summed E-state index contributed by atoms with van der Waals surface area (Å²) in [7, 11) is 0. The quantitative estimate of drug-likeness (QED) is 0.795. The van der Waals surface area contributed by atoms with Crippen molar-refractivity contribution in [3.63, 3.8) is 0 Å². The van der Waals surface area contributed by atoms with Crippen LogP contribution in [0.3, 0.4) is 0 Å². The van der Waals surface area contributed by atoms with Crippen molar-refractivity contribution in [2.75, 3.05) is 24.6 Å². The number of ether oxygens (including phenoxy) is 1. The molecule has 0 N–H and O–H groups in total. The summed E-state index contributed by atoms with van der Waals surface area (Å²) < 4.78 is 5.29. The largest absolute Gasteiger partial charge is 0.466 e. The van der Waals surface area contributed by atoms with Crippen LogP contribution in [0.25, 0.3) is 0 Å². The molecule has 1 aromatic heterocycles. The van der Waals surface area contributed by atoms with Gasteiger partial charge in [-0.05, 0) is 31.4 Å². The summed E-state index contributed by atoms with van der Waals surface area (Å²) in [4.78, 5) is 18.6. The summed E-state index contributed by atoms with van der Waals surface area (Å²) >= 11 is 0. The summed E-state index contributed by atoms with van der Waals surface area (Å²) in [6.45, 7) is 7.81. The summed E-state index contributed by atoms with van der Waals surface area (Å²) in [6, 6.07) is 5.60. The fourth-order valence-corrected chi connectivity index (χ4v) is 2.84. The summed E-state index contributed by atoms with van der Waals surface area (Å²) in [5.74, 6) is 0.108. The van der Waals surface area contributed by atoms with Gasteiger partial charge in [-0.1, -0.05) is 13.8 Å². The lowest BCUT2D eigenvalue weighted by Gasteiger charge is -2.31. The highest BCUT2D eigenvalue weighted by Crippen LogP contribution is 2.40. The van der Waals surface area contributed by atoms with Gasteiger partial charge in [-0.3, -0.25) is 4.79 Å². The highest BCUT2D eigenvalue weighted by atomic mass is 16.5. The molecule has 0 radical (unpaired) electrons. The molecular formula is C16H21N3O2. The van der Waals surface area contributed by atoms with E-state index in [9.17, 15) is 4.79 Å². The van der Waals surface area contributed by atoms with Crippen molar-refractivity contribution in [1.29, 1.82) is 5.26 Å². The Labute approximate surface area is 125 Å². The molecule has 2 rings (SSSR count). The number of nitriles is 1. The molecule has 0 aromatic carbocycles. The van der Waals surface area contributed by atoms with E-state index in [0.29, 0.717) is 18.8 Å². The van der Waals surface area contributed by atoms with Gasteiger partial charge in [0.05, 0.1) is 23.9 Å². The van der Waals surface area contributed by atoms with E-state index in [-0.39, 0.29) is 11.9 Å². The molecule has 1 atom stereocenters. The number of anilines is 1. The first-order valence-electron chi connectivity index (χ1n) is 7.32. The lowest BCUT2D eigenvalue weighted by molar-refractivity contribution is -0.156. The third-order valence-electron chi connectivity index (χ3n) is 4.32. The molecule has 1 aliphatic heterocycles. The molecule has 0 spiro atoms. The standard InChI is InChI=1S/C16H21N3O2/c1-4-21-15(20)16(12(2)3)7-8-19(11-16)14-6-5-13(9-17)18-10-14/h5-6,10,12H,4,7-8,11H2,1-3H3. The summed E-state index contributed by atoms with van der Waals surface area (Å²) in [6.07, 6.45) is 2.48. The van der Waals surface area contributed by atoms with Crippen molar-refractivity contribution in [3.05, 3.63) is 24.0 Å². The minimum Gasteiger partial charge on any atom is -0.466 e. The maximum absolute atomic E-state index is 12.4. The molecule has 1 unspecified atom stereocenters. The van der Waals surface area contributed by atoms with Gasteiger partial charge < -0.3 is 9.64 Å². The zero-order valence-corrected chi connectivity index (χ0v) is 12.8. The molecule has 5 heteroatoms. The Morgan fingerprint density at radius 3 is 2.86 bits per heavy atom. The van der Waals surface area contributed by atoms with Crippen molar-refractivity contribution in [3.8, 4) is 6.07 Å². The average molecular weight is 287 g/mol. The summed E-state index contributed by atoms with van der Waals surface area (Å²) in [5.41, 5.74) is 0.892. The molecule has 0 amide bonds. The number of rotatable bonds is 4. The number of pyridine rings is 1. The topological polar surface area (TPSA) is 66.2 Å². The fourth-order valence-electron chi connectivity index (χ4n) is 2.84. The maximum Gasteiger partial charge on any atom is 0.314 e. The first kappa shape index (κ1) is 15.3. The Balaban J connectivity index is 2.19. The van der Waals surface area contributed by atoms with E-state index in [1.54, 1.807) is 12.3 Å². The molecule has 21 heavy (non-hydrogen) atoms. The van der Waals surface area contributed by atoms with E-state index in [1.165, 1.54) is 0 Å². The van der Waals surface area contributed by atoms with Crippen LogP contribution in [-0.4, -0.2) is 30.6 Å². The van der Waals surface area contributed by atoms with E-state index < -0.39 is 5.41 Å². The number of carbonyl (C=O) groups excluding carboxylic acids is 1. The third kappa shape index (κ3) is 2.85. The van der Waals surface area contributed by atoms with Crippen LogP contribution in [0.2, 0.25) is 0 Å². The van der Waals surface area contributed by atoms with Crippen molar-refractivity contribution in [2.45, 2.75) is 27.2 Å². The minimum atomic E-state index is -0.454. The monoisotopic (exact) mass is 287 g/mol. The Morgan fingerprint density at radius 1 is 1.57 bits per heavy atom. The molecular weight excluding hydrogens is 266 g/mol. The van der Waals surface area contributed by atoms with Gasteiger partial charge in [0, 0.05) is 13.1 Å². The molecule has 0 aliphatic carbocycles. The van der Waals surface area contributed by atoms with Gasteiger partial charge in [-0.2, -0.15) is 5.26 Å². The Bertz CT molecular complexity index is 548. The zero-order chi connectivity index (χ0) is 15.5. The lowest BCUT2D eigenvalue weighted by atomic mass is 9.76. The van der Waals surface area contributed by atoms with Crippen molar-refractivity contribution >= 4 is 11.7 Å². The second-order valence-electron chi connectivity index (χ2n) is 5.72. The second-order valence-corrected chi connectivity index (χ2v) is 5.72. The number of hydrogen-bond donors (Lipinski definition) is 0. The van der Waals surface area contributed by atoms with Crippen LogP contribution in [-0.2, 0) is 9.53 Å². The molecule has 5 nitrogen and oxygen atoms in total.